The third-order valence-electron chi connectivity index (χ3n) is 6.10. The van der Waals surface area contributed by atoms with Gasteiger partial charge in [-0.15, -0.1) is 0 Å². The van der Waals surface area contributed by atoms with E-state index in [2.05, 4.69) is 41.8 Å². The largest absolute Gasteiger partial charge is 0.484 e. The number of carbonyl (C=O) groups excluding carboxylic acids is 3. The van der Waals surface area contributed by atoms with Crippen LogP contribution in [0.1, 0.15) is 42.9 Å². The first-order valence-corrected chi connectivity index (χ1v) is 13.3. The van der Waals surface area contributed by atoms with Gasteiger partial charge in [0.05, 0.1) is 5.69 Å². The van der Waals surface area contributed by atoms with Crippen LogP contribution in [0.15, 0.2) is 66.7 Å². The zero-order valence-corrected chi connectivity index (χ0v) is 22.8. The van der Waals surface area contributed by atoms with Gasteiger partial charge in [0.1, 0.15) is 17.4 Å². The summed E-state index contributed by atoms with van der Waals surface area (Å²) >= 11 is 0. The number of carbonyl (C=O) groups is 3. The fourth-order valence-corrected chi connectivity index (χ4v) is 4.08. The first-order valence-electron chi connectivity index (χ1n) is 13.3. The number of halogens is 2. The molecule has 0 bridgehead atoms. The number of ether oxygens (including phenoxy) is 1. The number of benzene rings is 3. The Morgan fingerprint density at radius 1 is 0.900 bits per heavy atom. The number of anilines is 1. The van der Waals surface area contributed by atoms with Crippen molar-refractivity contribution < 1.29 is 27.9 Å². The maximum Gasteiger partial charge on any atom is 0.257 e. The van der Waals surface area contributed by atoms with Crippen LogP contribution >= 0.6 is 0 Å². The lowest BCUT2D eigenvalue weighted by atomic mass is 10.1. The average molecular weight is 552 g/mol. The number of nitrogens with one attached hydrogen (secondary N) is 2. The maximum absolute atomic E-state index is 12.2. The van der Waals surface area contributed by atoms with E-state index in [-0.39, 0.29) is 37.2 Å². The molecule has 1 aliphatic rings. The van der Waals surface area contributed by atoms with Crippen LogP contribution in [0.3, 0.4) is 0 Å². The van der Waals surface area contributed by atoms with Crippen molar-refractivity contribution in [1.29, 1.82) is 0 Å². The molecule has 0 saturated carbocycles. The second-order valence-electron chi connectivity index (χ2n) is 9.41. The fourth-order valence-electron chi connectivity index (χ4n) is 4.08. The van der Waals surface area contributed by atoms with E-state index in [0.29, 0.717) is 23.5 Å². The number of nitrogens with zero attached hydrogens (tertiary/aromatic N) is 1. The predicted molar refractivity (Wildman–Crippen MR) is 150 cm³/mol. The molecule has 1 saturated heterocycles. The van der Waals surface area contributed by atoms with Crippen LogP contribution in [0, 0.1) is 18.6 Å². The number of rotatable bonds is 11. The highest BCUT2D eigenvalue weighted by Gasteiger charge is 2.30. The quantitative estimate of drug-likeness (QED) is 0.263. The van der Waals surface area contributed by atoms with Crippen LogP contribution in [0.25, 0.3) is 0 Å². The lowest BCUT2D eigenvalue weighted by Gasteiger charge is -2.14. The highest BCUT2D eigenvalue weighted by molar-refractivity contribution is 6.19. The van der Waals surface area contributed by atoms with Gasteiger partial charge in [-0.2, -0.15) is 0 Å². The molecule has 2 N–H and O–H groups in total. The smallest absolute Gasteiger partial charge is 0.257 e. The Hall–Kier alpha value is -4.11. The summed E-state index contributed by atoms with van der Waals surface area (Å²) in [5.74, 6) is -1.11. The monoisotopic (exact) mass is 551 g/mol. The molecule has 1 heterocycles. The number of hydrogen-bond donors (Lipinski definition) is 2. The van der Waals surface area contributed by atoms with Crippen LogP contribution in [0.4, 0.5) is 14.5 Å². The Bertz CT molecular complexity index is 1230. The molecule has 0 atom stereocenters. The number of amides is 3. The molecule has 212 valence electrons. The SMILES string of the molecule is CCc1cccc(CNCCCNC(=O)COc2ccc(N3C(=O)CCC3=O)cc2)c1.Cc1cc(F)cc(F)c1. The topological polar surface area (TPSA) is 87.7 Å². The van der Waals surface area contributed by atoms with E-state index in [1.165, 1.54) is 28.2 Å². The van der Waals surface area contributed by atoms with Gasteiger partial charge in [-0.25, -0.2) is 8.78 Å². The van der Waals surface area contributed by atoms with Gasteiger partial charge >= 0.3 is 0 Å². The fraction of sp³-hybridized carbons (Fsp3) is 0.323. The molecule has 3 aromatic rings. The van der Waals surface area contributed by atoms with Crippen molar-refractivity contribution in [3.63, 3.8) is 0 Å². The zero-order chi connectivity index (χ0) is 28.9. The minimum atomic E-state index is -0.521. The summed E-state index contributed by atoms with van der Waals surface area (Å²) in [5.41, 5.74) is 3.73. The molecule has 3 aromatic carbocycles. The molecule has 0 aromatic heterocycles. The summed E-state index contributed by atoms with van der Waals surface area (Å²) < 4.78 is 29.9. The molecule has 0 aliphatic carbocycles. The van der Waals surface area contributed by atoms with E-state index in [0.717, 1.165) is 32.0 Å². The molecule has 4 rings (SSSR count). The van der Waals surface area contributed by atoms with Crippen molar-refractivity contribution in [3.8, 4) is 5.75 Å². The van der Waals surface area contributed by atoms with Crippen LogP contribution in [-0.4, -0.2) is 37.4 Å². The van der Waals surface area contributed by atoms with Crippen LogP contribution in [-0.2, 0) is 27.3 Å². The van der Waals surface area contributed by atoms with Crippen molar-refractivity contribution in [2.24, 2.45) is 0 Å². The van der Waals surface area contributed by atoms with Gasteiger partial charge < -0.3 is 15.4 Å². The molecule has 0 spiro atoms. The van der Waals surface area contributed by atoms with E-state index in [9.17, 15) is 23.2 Å². The number of aryl methyl sites for hydroxylation is 2. The molecule has 0 radical (unpaired) electrons. The van der Waals surface area contributed by atoms with Gasteiger partial charge in [0.25, 0.3) is 5.91 Å². The van der Waals surface area contributed by atoms with Crippen molar-refractivity contribution in [1.82, 2.24) is 10.6 Å². The summed E-state index contributed by atoms with van der Waals surface area (Å²) in [4.78, 5) is 36.7. The molecule has 3 amide bonds. The van der Waals surface area contributed by atoms with Crippen molar-refractivity contribution in [2.75, 3.05) is 24.6 Å². The van der Waals surface area contributed by atoms with Gasteiger partial charge in [0, 0.05) is 32.0 Å². The summed E-state index contributed by atoms with van der Waals surface area (Å²) in [7, 11) is 0. The van der Waals surface area contributed by atoms with Crippen molar-refractivity contribution in [2.45, 2.75) is 46.1 Å². The second kappa shape index (κ2) is 15.5. The Morgan fingerprint density at radius 3 is 2.17 bits per heavy atom. The van der Waals surface area contributed by atoms with Gasteiger partial charge in [-0.05, 0) is 79.4 Å². The first kappa shape index (κ1) is 30.4. The average Bonchev–Trinajstić information content (AvgIpc) is 3.27. The second-order valence-corrected chi connectivity index (χ2v) is 9.41. The molecule has 7 nitrogen and oxygen atoms in total. The van der Waals surface area contributed by atoms with Crippen LogP contribution < -0.4 is 20.3 Å². The van der Waals surface area contributed by atoms with Crippen LogP contribution in [0.2, 0.25) is 0 Å². The highest BCUT2D eigenvalue weighted by Crippen LogP contribution is 2.24. The van der Waals surface area contributed by atoms with E-state index < -0.39 is 11.6 Å². The standard InChI is InChI=1S/C24H29N3O4.C7H6F2/c1-2-18-5-3-6-19(15-18)16-25-13-4-14-26-22(28)17-31-21-9-7-20(8-10-21)27-23(29)11-12-24(27)30;1-5-2-6(8)4-7(9)3-5/h3,5-10,15,25H,2,4,11-14,16-17H2,1H3,(H,26,28);2-4H,1H3. The normalized spacial score (nSPS) is 12.7. The molecular formula is C31H35F2N3O4. The van der Waals surface area contributed by atoms with E-state index in [4.69, 9.17) is 4.74 Å². The van der Waals surface area contributed by atoms with E-state index in [1.807, 2.05) is 0 Å². The molecule has 0 unspecified atom stereocenters. The van der Waals surface area contributed by atoms with E-state index in [1.54, 1.807) is 31.2 Å². The molecule has 9 heteroatoms. The summed E-state index contributed by atoms with van der Waals surface area (Å²) in [6.45, 7) is 5.90. The minimum Gasteiger partial charge on any atom is -0.484 e. The third-order valence-corrected chi connectivity index (χ3v) is 6.10. The third kappa shape index (κ3) is 9.89. The highest BCUT2D eigenvalue weighted by atomic mass is 19.1. The number of hydrogen-bond acceptors (Lipinski definition) is 5. The Balaban J connectivity index is 0.000000415. The lowest BCUT2D eigenvalue weighted by Crippen LogP contribution is -2.31. The molecule has 40 heavy (non-hydrogen) atoms. The Labute approximate surface area is 233 Å². The minimum absolute atomic E-state index is 0.0852. The van der Waals surface area contributed by atoms with Gasteiger partial charge in [0.2, 0.25) is 11.8 Å². The van der Waals surface area contributed by atoms with E-state index >= 15 is 0 Å². The Morgan fingerprint density at radius 2 is 1.55 bits per heavy atom. The first-order chi connectivity index (χ1) is 19.2. The summed E-state index contributed by atoms with van der Waals surface area (Å²) in [6, 6.07) is 18.5. The molecular weight excluding hydrogens is 516 g/mol. The van der Waals surface area contributed by atoms with Gasteiger partial charge in [-0.1, -0.05) is 31.2 Å². The molecule has 1 aliphatic heterocycles. The van der Waals surface area contributed by atoms with Crippen LogP contribution in [0.5, 0.6) is 5.75 Å². The maximum atomic E-state index is 12.2. The Kier molecular flexibility index (Phi) is 11.8. The zero-order valence-electron chi connectivity index (χ0n) is 22.8. The predicted octanol–water partition coefficient (Wildman–Crippen LogP) is 4.85. The summed E-state index contributed by atoms with van der Waals surface area (Å²) in [6.07, 6.45) is 2.35. The van der Waals surface area contributed by atoms with Crippen molar-refractivity contribution in [3.05, 3.63) is 95.1 Å². The van der Waals surface area contributed by atoms with Gasteiger partial charge in [-0.3, -0.25) is 19.3 Å². The summed E-state index contributed by atoms with van der Waals surface area (Å²) in [5, 5.41) is 6.22. The lowest BCUT2D eigenvalue weighted by molar-refractivity contribution is -0.123. The van der Waals surface area contributed by atoms with Gasteiger partial charge in [0.15, 0.2) is 6.61 Å². The molecule has 1 fully saturated rings. The van der Waals surface area contributed by atoms with Crippen molar-refractivity contribution >= 4 is 23.4 Å². The number of imide groups is 1.